The van der Waals surface area contributed by atoms with Gasteiger partial charge in [-0.05, 0) is 22.6 Å². The van der Waals surface area contributed by atoms with Crippen LogP contribution >= 0.6 is 12.6 Å². The predicted octanol–water partition coefficient (Wildman–Crippen LogP) is 0.999. The largest absolute Gasteiger partial charge is 0.508 e. The average molecular weight is 294 g/mol. The summed E-state index contributed by atoms with van der Waals surface area (Å²) in [5.41, 5.74) is 0.835. The monoisotopic (exact) mass is 294 g/mol. The van der Waals surface area contributed by atoms with E-state index >= 15 is 0 Å². The van der Waals surface area contributed by atoms with Gasteiger partial charge in [-0.2, -0.15) is 0 Å². The molecule has 1 aromatic rings. The lowest BCUT2D eigenvalue weighted by atomic mass is 10.0. The molecule has 0 fully saturated rings. The molecule has 0 aliphatic rings. The van der Waals surface area contributed by atoms with Crippen LogP contribution in [0, 0.1) is 0 Å². The highest BCUT2D eigenvalue weighted by Gasteiger charge is 2.19. The van der Waals surface area contributed by atoms with E-state index < -0.39 is 6.04 Å². The quantitative estimate of drug-likeness (QED) is 0.591. The fourth-order valence-corrected chi connectivity index (χ4v) is 1.71. The van der Waals surface area contributed by atoms with E-state index in [0.717, 1.165) is 5.56 Å². The van der Waals surface area contributed by atoms with Crippen LogP contribution in [-0.2, 0) is 16.0 Å². The Balaban J connectivity index is 2.72. The van der Waals surface area contributed by atoms with Crippen LogP contribution in [0.15, 0.2) is 35.7 Å². The number of benzene rings is 1. The van der Waals surface area contributed by atoms with Gasteiger partial charge in [-0.3, -0.25) is 9.59 Å². The Labute approximate surface area is 123 Å². The van der Waals surface area contributed by atoms with Gasteiger partial charge in [0.15, 0.2) is 0 Å². The Bertz CT molecular complexity index is 500. The van der Waals surface area contributed by atoms with E-state index in [2.05, 4.69) is 29.8 Å². The van der Waals surface area contributed by atoms with Crippen molar-refractivity contribution in [3.63, 3.8) is 0 Å². The highest BCUT2D eigenvalue weighted by Crippen LogP contribution is 2.11. The average Bonchev–Trinajstić information content (AvgIpc) is 2.37. The van der Waals surface area contributed by atoms with Gasteiger partial charge in [-0.25, -0.2) is 0 Å². The summed E-state index contributed by atoms with van der Waals surface area (Å²) in [5.74, 6) is -0.433. The number of carbonyl (C=O) groups excluding carboxylic acids is 2. The number of amides is 2. The molecule has 2 amide bonds. The van der Waals surface area contributed by atoms with E-state index in [9.17, 15) is 14.7 Å². The topological polar surface area (TPSA) is 78.4 Å². The van der Waals surface area contributed by atoms with E-state index in [1.807, 2.05) is 0 Å². The van der Waals surface area contributed by atoms with Crippen molar-refractivity contribution in [1.29, 1.82) is 0 Å². The van der Waals surface area contributed by atoms with Gasteiger partial charge >= 0.3 is 0 Å². The molecule has 3 N–H and O–H groups in total. The minimum Gasteiger partial charge on any atom is -0.508 e. The van der Waals surface area contributed by atoms with Gasteiger partial charge in [0.05, 0.1) is 0 Å². The number of thiol groups is 1. The van der Waals surface area contributed by atoms with Crippen LogP contribution in [0.2, 0.25) is 0 Å². The first-order valence-corrected chi connectivity index (χ1v) is 6.52. The third-order valence-corrected chi connectivity index (χ3v) is 2.69. The first kappa shape index (κ1) is 16.1. The van der Waals surface area contributed by atoms with Crippen LogP contribution in [-0.4, -0.2) is 29.5 Å². The Morgan fingerprint density at radius 3 is 2.45 bits per heavy atom. The van der Waals surface area contributed by atoms with E-state index in [1.54, 1.807) is 12.1 Å². The summed E-state index contributed by atoms with van der Waals surface area (Å²) < 4.78 is 0. The smallest absolute Gasteiger partial charge is 0.243 e. The Hall–Kier alpha value is -1.95. The van der Waals surface area contributed by atoms with Crippen molar-refractivity contribution in [1.82, 2.24) is 10.6 Å². The maximum atomic E-state index is 12.0. The van der Waals surface area contributed by atoms with E-state index in [4.69, 9.17) is 0 Å². The minimum absolute atomic E-state index is 0.153. The normalized spacial score (nSPS) is 11.5. The van der Waals surface area contributed by atoms with Gasteiger partial charge in [0, 0.05) is 19.9 Å². The molecule has 0 saturated heterocycles. The molecular weight excluding hydrogens is 276 g/mol. The molecule has 0 aromatic heterocycles. The van der Waals surface area contributed by atoms with Crippen molar-refractivity contribution in [2.75, 3.05) is 6.54 Å². The zero-order valence-electron chi connectivity index (χ0n) is 11.2. The lowest BCUT2D eigenvalue weighted by Crippen LogP contribution is -2.47. The van der Waals surface area contributed by atoms with Crippen LogP contribution in [0.25, 0.3) is 0 Å². The summed E-state index contributed by atoms with van der Waals surface area (Å²) in [6.45, 7) is 5.17. The summed E-state index contributed by atoms with van der Waals surface area (Å²) in [4.78, 5) is 23.7. The molecule has 5 nitrogen and oxygen atoms in total. The first-order chi connectivity index (χ1) is 9.38. The fourth-order valence-electron chi connectivity index (χ4n) is 1.63. The van der Waals surface area contributed by atoms with Crippen LogP contribution in [0.3, 0.4) is 0 Å². The molecule has 1 atom stereocenters. The molecule has 0 saturated carbocycles. The van der Waals surface area contributed by atoms with Gasteiger partial charge in [-0.15, -0.1) is 12.6 Å². The number of rotatable bonds is 6. The molecule has 0 bridgehead atoms. The van der Waals surface area contributed by atoms with Crippen molar-refractivity contribution < 1.29 is 14.7 Å². The third-order valence-electron chi connectivity index (χ3n) is 2.54. The number of phenols is 1. The molecule has 0 aliphatic carbocycles. The predicted molar refractivity (Wildman–Crippen MR) is 80.6 cm³/mol. The van der Waals surface area contributed by atoms with Gasteiger partial charge in [0.25, 0.3) is 0 Å². The standard InChI is InChI=1S/C14H18N2O3S/c1-9(20)8-15-14(19)13(16-10(2)17)7-11-3-5-12(18)6-4-11/h3-6,13,18,20H,1,7-8H2,2H3,(H,15,19)(H,16,17)/t13-/m0/s1. The Morgan fingerprint density at radius 1 is 1.35 bits per heavy atom. The zero-order chi connectivity index (χ0) is 15.1. The van der Waals surface area contributed by atoms with Crippen LogP contribution in [0.5, 0.6) is 5.75 Å². The molecule has 0 aliphatic heterocycles. The second-order valence-electron chi connectivity index (χ2n) is 4.41. The van der Waals surface area contributed by atoms with Crippen molar-refractivity contribution >= 4 is 24.4 Å². The summed E-state index contributed by atoms with van der Waals surface area (Å²) in [6, 6.07) is 5.80. The molecule has 0 spiro atoms. The molecule has 1 aromatic carbocycles. The van der Waals surface area contributed by atoms with Crippen LogP contribution in [0.1, 0.15) is 12.5 Å². The highest BCUT2D eigenvalue weighted by atomic mass is 32.1. The van der Waals surface area contributed by atoms with Gasteiger partial charge in [0.1, 0.15) is 11.8 Å². The van der Waals surface area contributed by atoms with Crippen molar-refractivity contribution in [2.24, 2.45) is 0 Å². The van der Waals surface area contributed by atoms with Crippen LogP contribution < -0.4 is 10.6 Å². The molecule has 108 valence electrons. The second-order valence-corrected chi connectivity index (χ2v) is 5.04. The maximum absolute atomic E-state index is 12.0. The zero-order valence-corrected chi connectivity index (χ0v) is 12.1. The lowest BCUT2D eigenvalue weighted by molar-refractivity contribution is -0.127. The third kappa shape index (κ3) is 5.79. The van der Waals surface area contributed by atoms with Crippen molar-refractivity contribution in [2.45, 2.75) is 19.4 Å². The van der Waals surface area contributed by atoms with Crippen molar-refractivity contribution in [3.05, 3.63) is 41.3 Å². The Kier molecular flexibility index (Phi) is 6.11. The lowest BCUT2D eigenvalue weighted by Gasteiger charge is -2.17. The van der Waals surface area contributed by atoms with E-state index in [0.29, 0.717) is 11.3 Å². The molecule has 20 heavy (non-hydrogen) atoms. The molecule has 0 radical (unpaired) electrons. The number of phenolic OH excluding ortho intramolecular Hbond substituents is 1. The molecular formula is C14H18N2O3S. The fraction of sp³-hybridized carbons (Fsp3) is 0.286. The maximum Gasteiger partial charge on any atom is 0.243 e. The molecule has 0 unspecified atom stereocenters. The number of aromatic hydroxyl groups is 1. The number of nitrogens with one attached hydrogen (secondary N) is 2. The number of hydrogen-bond acceptors (Lipinski definition) is 4. The van der Waals surface area contributed by atoms with Gasteiger partial charge < -0.3 is 15.7 Å². The summed E-state index contributed by atoms with van der Waals surface area (Å²) >= 11 is 4.00. The van der Waals surface area contributed by atoms with E-state index in [-0.39, 0.29) is 24.1 Å². The minimum atomic E-state index is -0.676. The molecule has 6 heteroatoms. The van der Waals surface area contributed by atoms with Crippen LogP contribution in [0.4, 0.5) is 0 Å². The Morgan fingerprint density at radius 2 is 1.95 bits per heavy atom. The number of carbonyl (C=O) groups is 2. The summed E-state index contributed by atoms with van der Waals surface area (Å²) in [5, 5.41) is 14.5. The first-order valence-electron chi connectivity index (χ1n) is 6.08. The molecule has 0 heterocycles. The second kappa shape index (κ2) is 7.59. The van der Waals surface area contributed by atoms with Gasteiger partial charge in [0.2, 0.25) is 11.8 Å². The summed E-state index contributed by atoms with van der Waals surface area (Å²) in [6.07, 6.45) is 0.338. The van der Waals surface area contributed by atoms with E-state index in [1.165, 1.54) is 19.1 Å². The SMILES string of the molecule is C=C(S)CNC(=O)[C@H](Cc1ccc(O)cc1)NC(C)=O. The van der Waals surface area contributed by atoms with Gasteiger partial charge in [-0.1, -0.05) is 18.7 Å². The highest BCUT2D eigenvalue weighted by molar-refractivity contribution is 7.84. The molecule has 1 rings (SSSR count). The number of hydrogen-bond donors (Lipinski definition) is 4. The summed E-state index contributed by atoms with van der Waals surface area (Å²) in [7, 11) is 0. The van der Waals surface area contributed by atoms with Crippen molar-refractivity contribution in [3.8, 4) is 5.75 Å².